The summed E-state index contributed by atoms with van der Waals surface area (Å²) in [6, 6.07) is 10.7. The maximum absolute atomic E-state index is 13.2. The molecule has 3 heterocycles. The van der Waals surface area contributed by atoms with E-state index in [2.05, 4.69) is 10.2 Å². The van der Waals surface area contributed by atoms with E-state index in [1.165, 1.54) is 16.7 Å². The molecule has 1 aliphatic heterocycles. The van der Waals surface area contributed by atoms with Crippen molar-refractivity contribution in [3.63, 3.8) is 0 Å². The van der Waals surface area contributed by atoms with Crippen LogP contribution in [0, 0.1) is 0 Å². The smallest absolute Gasteiger partial charge is 0.292 e. The summed E-state index contributed by atoms with van der Waals surface area (Å²) < 4.78 is 14.7. The van der Waals surface area contributed by atoms with Gasteiger partial charge in [-0.1, -0.05) is 24.3 Å². The molecular formula is C19H19FN4O2. The van der Waals surface area contributed by atoms with E-state index >= 15 is 0 Å². The van der Waals surface area contributed by atoms with Crippen molar-refractivity contribution in [2.75, 3.05) is 13.1 Å². The fourth-order valence-corrected chi connectivity index (χ4v) is 3.61. The number of aromatic nitrogens is 3. The van der Waals surface area contributed by atoms with Gasteiger partial charge in [0.1, 0.15) is 12.4 Å². The lowest BCUT2D eigenvalue weighted by atomic mass is 9.86. The van der Waals surface area contributed by atoms with Crippen molar-refractivity contribution < 1.29 is 14.3 Å². The van der Waals surface area contributed by atoms with Crippen LogP contribution in [0.25, 0.3) is 5.65 Å². The number of alkyl halides is 1. The molecule has 0 saturated carbocycles. The molecule has 1 aromatic carbocycles. The zero-order chi connectivity index (χ0) is 18.1. The molecule has 3 aromatic rings. The molecule has 1 saturated heterocycles. The fourth-order valence-electron chi connectivity index (χ4n) is 3.61. The Labute approximate surface area is 149 Å². The summed E-state index contributed by atoms with van der Waals surface area (Å²) in [5.74, 6) is 0.289. The highest BCUT2D eigenvalue weighted by Gasteiger charge is 2.28. The first-order valence-corrected chi connectivity index (χ1v) is 8.64. The lowest BCUT2D eigenvalue weighted by Crippen LogP contribution is -2.39. The summed E-state index contributed by atoms with van der Waals surface area (Å²) in [7, 11) is 0. The average Bonchev–Trinajstić information content (AvgIpc) is 3.10. The van der Waals surface area contributed by atoms with E-state index in [9.17, 15) is 14.3 Å². The van der Waals surface area contributed by atoms with Crippen molar-refractivity contribution >= 4 is 11.6 Å². The van der Waals surface area contributed by atoms with Gasteiger partial charge in [0.25, 0.3) is 5.91 Å². The Morgan fingerprint density at radius 3 is 2.69 bits per heavy atom. The van der Waals surface area contributed by atoms with Crippen molar-refractivity contribution in [2.24, 2.45) is 0 Å². The van der Waals surface area contributed by atoms with Crippen LogP contribution in [-0.4, -0.2) is 43.6 Å². The number of carbonyl (C=O) groups excluding carboxylic acids is 1. The van der Waals surface area contributed by atoms with Crippen LogP contribution in [0.2, 0.25) is 0 Å². The van der Waals surface area contributed by atoms with Gasteiger partial charge >= 0.3 is 0 Å². The van der Waals surface area contributed by atoms with E-state index in [-0.39, 0.29) is 23.4 Å². The van der Waals surface area contributed by atoms with Crippen molar-refractivity contribution in [1.29, 1.82) is 0 Å². The van der Waals surface area contributed by atoms with Gasteiger partial charge in [0.2, 0.25) is 5.82 Å². The van der Waals surface area contributed by atoms with Crippen LogP contribution in [-0.2, 0) is 6.67 Å². The highest BCUT2D eigenvalue weighted by molar-refractivity contribution is 5.91. The Morgan fingerprint density at radius 2 is 1.92 bits per heavy atom. The number of likely N-dealkylation sites (tertiary alicyclic amines) is 1. The van der Waals surface area contributed by atoms with Gasteiger partial charge in [-0.25, -0.2) is 4.39 Å². The summed E-state index contributed by atoms with van der Waals surface area (Å²) in [4.78, 5) is 14.6. The minimum Gasteiger partial charge on any atom is -0.506 e. The minimum absolute atomic E-state index is 0.0490. The van der Waals surface area contributed by atoms with Gasteiger partial charge in [0, 0.05) is 13.1 Å². The van der Waals surface area contributed by atoms with Crippen LogP contribution in [0.1, 0.15) is 40.5 Å². The Bertz CT molecular complexity index is 948. The summed E-state index contributed by atoms with van der Waals surface area (Å²) >= 11 is 0. The minimum atomic E-state index is -0.468. The highest BCUT2D eigenvalue weighted by Crippen LogP contribution is 2.31. The van der Waals surface area contributed by atoms with Crippen molar-refractivity contribution in [1.82, 2.24) is 19.5 Å². The molecule has 1 aliphatic rings. The van der Waals surface area contributed by atoms with Crippen molar-refractivity contribution in [3.05, 3.63) is 59.5 Å². The first kappa shape index (κ1) is 16.5. The van der Waals surface area contributed by atoms with Crippen LogP contribution in [0.4, 0.5) is 4.39 Å². The number of nitrogens with zero attached hydrogens (tertiary/aromatic N) is 4. The lowest BCUT2D eigenvalue weighted by molar-refractivity contribution is 0.0699. The summed E-state index contributed by atoms with van der Waals surface area (Å²) in [6.07, 6.45) is 3.00. The molecule has 1 N–H and O–H groups in total. The normalized spacial score (nSPS) is 15.5. The van der Waals surface area contributed by atoms with Gasteiger partial charge < -0.3 is 10.0 Å². The largest absolute Gasteiger partial charge is 0.506 e. The van der Waals surface area contributed by atoms with E-state index in [1.54, 1.807) is 11.0 Å². The molecule has 134 valence electrons. The third kappa shape index (κ3) is 2.89. The number of fused-ring (bicyclic) bond motifs is 1. The number of carbonyl (C=O) groups is 1. The van der Waals surface area contributed by atoms with Gasteiger partial charge in [0.05, 0.1) is 6.20 Å². The Balaban J connectivity index is 1.50. The maximum Gasteiger partial charge on any atom is 0.292 e. The predicted octanol–water partition coefficient (Wildman–Crippen LogP) is 2.92. The molecule has 0 unspecified atom stereocenters. The predicted molar refractivity (Wildman–Crippen MR) is 93.8 cm³/mol. The first-order chi connectivity index (χ1) is 12.7. The molecule has 7 heteroatoms. The Hall–Kier alpha value is -2.96. The monoisotopic (exact) mass is 354 g/mol. The molecule has 0 radical (unpaired) electrons. The number of halogens is 1. The van der Waals surface area contributed by atoms with Crippen molar-refractivity contribution in [3.8, 4) is 5.75 Å². The number of amides is 1. The second-order valence-electron chi connectivity index (χ2n) is 6.54. The number of hydrogen-bond acceptors (Lipinski definition) is 4. The molecule has 0 bridgehead atoms. The third-order valence-corrected chi connectivity index (χ3v) is 5.00. The number of hydrogen-bond donors (Lipinski definition) is 1. The van der Waals surface area contributed by atoms with Gasteiger partial charge in [-0.2, -0.15) is 0 Å². The maximum atomic E-state index is 13.2. The van der Waals surface area contributed by atoms with E-state index in [0.29, 0.717) is 18.7 Å². The molecule has 0 aliphatic carbocycles. The number of benzene rings is 1. The highest BCUT2D eigenvalue weighted by atomic mass is 19.1. The van der Waals surface area contributed by atoms with Crippen molar-refractivity contribution in [2.45, 2.75) is 25.4 Å². The number of piperidine rings is 1. The topological polar surface area (TPSA) is 70.7 Å². The molecule has 1 fully saturated rings. The Kier molecular flexibility index (Phi) is 4.28. The second kappa shape index (κ2) is 6.74. The van der Waals surface area contributed by atoms with E-state index in [1.807, 2.05) is 24.3 Å². The van der Waals surface area contributed by atoms with Crippen LogP contribution in [0.15, 0.2) is 42.6 Å². The molecular weight excluding hydrogens is 335 g/mol. The number of aromatic hydroxyl groups is 1. The molecule has 1 amide bonds. The van der Waals surface area contributed by atoms with Gasteiger partial charge in [-0.05, 0) is 42.0 Å². The number of pyridine rings is 1. The van der Waals surface area contributed by atoms with Crippen LogP contribution < -0.4 is 0 Å². The van der Waals surface area contributed by atoms with E-state index in [0.717, 1.165) is 24.0 Å². The first-order valence-electron chi connectivity index (χ1n) is 8.64. The van der Waals surface area contributed by atoms with E-state index < -0.39 is 6.67 Å². The van der Waals surface area contributed by atoms with Crippen LogP contribution >= 0.6 is 0 Å². The number of rotatable bonds is 3. The lowest BCUT2D eigenvalue weighted by Gasteiger charge is -2.32. The quantitative estimate of drug-likeness (QED) is 0.785. The molecule has 0 atom stereocenters. The summed E-state index contributed by atoms with van der Waals surface area (Å²) in [6.45, 7) is 0.695. The van der Waals surface area contributed by atoms with Gasteiger partial charge in [0.15, 0.2) is 5.65 Å². The zero-order valence-corrected chi connectivity index (χ0v) is 14.2. The molecule has 2 aromatic heterocycles. The van der Waals surface area contributed by atoms with E-state index in [4.69, 9.17) is 0 Å². The summed E-state index contributed by atoms with van der Waals surface area (Å²) in [5, 5.41) is 17.6. The van der Waals surface area contributed by atoms with Crippen LogP contribution in [0.3, 0.4) is 0 Å². The standard InChI is InChI=1S/C19H19FN4O2/c20-11-14-3-1-2-4-16(14)13-7-9-23(10-8-13)19(26)18-22-21-17-6-5-15(25)12-24(17)18/h1-6,12-13,25H,7-11H2. The molecule has 4 rings (SSSR count). The van der Waals surface area contributed by atoms with Crippen LogP contribution in [0.5, 0.6) is 5.75 Å². The third-order valence-electron chi connectivity index (χ3n) is 5.00. The summed E-state index contributed by atoms with van der Waals surface area (Å²) in [5.41, 5.74) is 2.29. The van der Waals surface area contributed by atoms with Gasteiger partial charge in [-0.15, -0.1) is 10.2 Å². The zero-order valence-electron chi connectivity index (χ0n) is 14.2. The average molecular weight is 354 g/mol. The molecule has 6 nitrogen and oxygen atoms in total. The molecule has 26 heavy (non-hydrogen) atoms. The second-order valence-corrected chi connectivity index (χ2v) is 6.54. The SMILES string of the molecule is O=C(c1nnc2ccc(O)cn12)N1CCC(c2ccccc2CF)CC1. The van der Waals surface area contributed by atoms with Gasteiger partial charge in [-0.3, -0.25) is 9.20 Å². The Morgan fingerprint density at radius 1 is 1.15 bits per heavy atom. The molecule has 0 spiro atoms. The fraction of sp³-hybridized carbons (Fsp3) is 0.316.